The van der Waals surface area contributed by atoms with Crippen molar-refractivity contribution in [3.8, 4) is 0 Å². The van der Waals surface area contributed by atoms with Gasteiger partial charge in [-0.05, 0) is 25.3 Å². The van der Waals surface area contributed by atoms with Crippen molar-refractivity contribution >= 4 is 5.84 Å². The molecule has 0 aliphatic heterocycles. The number of benzene rings is 1. The van der Waals surface area contributed by atoms with Gasteiger partial charge in [0.15, 0.2) is 0 Å². The Bertz CT molecular complexity index is 383. The van der Waals surface area contributed by atoms with E-state index in [4.69, 9.17) is 11.5 Å². The third kappa shape index (κ3) is 4.57. The van der Waals surface area contributed by atoms with Crippen molar-refractivity contribution in [2.75, 3.05) is 6.54 Å². The first-order chi connectivity index (χ1) is 7.79. The largest absolute Gasteiger partial charge is 0.384 e. The quantitative estimate of drug-likeness (QED) is 0.619. The maximum absolute atomic E-state index is 5.92. The highest BCUT2D eigenvalue weighted by Gasteiger charge is 2.09. The van der Waals surface area contributed by atoms with E-state index in [0.717, 1.165) is 5.56 Å². The van der Waals surface area contributed by atoms with Gasteiger partial charge in [-0.3, -0.25) is 4.99 Å². The van der Waals surface area contributed by atoms with E-state index in [9.17, 15) is 0 Å². The summed E-state index contributed by atoms with van der Waals surface area (Å²) in [5.74, 6) is 1.09. The summed E-state index contributed by atoms with van der Waals surface area (Å²) >= 11 is 0. The topological polar surface area (TPSA) is 64.4 Å². The molecule has 0 radical (unpaired) electrons. The highest BCUT2D eigenvalue weighted by atomic mass is 14.9. The molecule has 0 fully saturated rings. The minimum Gasteiger partial charge on any atom is -0.384 e. The Labute approximate surface area is 104 Å². The highest BCUT2D eigenvalue weighted by molar-refractivity contribution is 5.97. The van der Waals surface area contributed by atoms with Crippen molar-refractivity contribution in [3.63, 3.8) is 0 Å². The van der Waals surface area contributed by atoms with Crippen LogP contribution in [0.2, 0.25) is 0 Å². The molecule has 0 unspecified atom stereocenters. The van der Waals surface area contributed by atoms with E-state index in [2.05, 4.69) is 31.0 Å². The van der Waals surface area contributed by atoms with Gasteiger partial charge in [-0.1, -0.05) is 38.1 Å². The maximum Gasteiger partial charge on any atom is 0.125 e. The van der Waals surface area contributed by atoms with Crippen LogP contribution in [0.5, 0.6) is 0 Å². The number of hydrogen-bond acceptors (Lipinski definition) is 2. The van der Waals surface area contributed by atoms with E-state index in [0.29, 0.717) is 18.3 Å². The smallest absolute Gasteiger partial charge is 0.125 e. The molecular weight excluding hydrogens is 210 g/mol. The third-order valence-electron chi connectivity index (χ3n) is 2.53. The van der Waals surface area contributed by atoms with Gasteiger partial charge >= 0.3 is 0 Å². The van der Waals surface area contributed by atoms with Crippen LogP contribution in [0.4, 0.5) is 0 Å². The lowest BCUT2D eigenvalue weighted by Gasteiger charge is -2.15. The van der Waals surface area contributed by atoms with Crippen molar-refractivity contribution in [3.05, 3.63) is 35.4 Å². The summed E-state index contributed by atoms with van der Waals surface area (Å²) < 4.78 is 0. The van der Waals surface area contributed by atoms with Crippen LogP contribution in [-0.2, 0) is 0 Å². The molecule has 0 saturated heterocycles. The molecule has 94 valence electrons. The Balaban J connectivity index is 2.79. The second-order valence-electron chi connectivity index (χ2n) is 5.47. The molecule has 1 aromatic carbocycles. The number of rotatable bonds is 4. The van der Waals surface area contributed by atoms with Crippen LogP contribution in [0.1, 0.15) is 44.7 Å². The molecule has 4 N–H and O–H groups in total. The molecule has 0 saturated carbocycles. The van der Waals surface area contributed by atoms with E-state index in [1.807, 2.05) is 26.0 Å². The molecule has 1 aromatic rings. The molecule has 0 aliphatic rings. The standard InChI is InChI=1S/C14H23N3/c1-10(2)11-5-7-12(8-6-11)13(15)17-9-14(3,4)16/h5-8,10H,9,16H2,1-4H3,(H2,15,17). The van der Waals surface area contributed by atoms with Crippen molar-refractivity contribution in [1.29, 1.82) is 0 Å². The van der Waals surface area contributed by atoms with Crippen LogP contribution in [0.25, 0.3) is 0 Å². The summed E-state index contributed by atoms with van der Waals surface area (Å²) in [5, 5.41) is 0. The van der Waals surface area contributed by atoms with Gasteiger partial charge in [0.1, 0.15) is 5.84 Å². The summed E-state index contributed by atoms with van der Waals surface area (Å²) in [6, 6.07) is 8.21. The number of nitrogens with zero attached hydrogens (tertiary/aromatic N) is 1. The maximum atomic E-state index is 5.92. The van der Waals surface area contributed by atoms with Crippen molar-refractivity contribution < 1.29 is 0 Å². The van der Waals surface area contributed by atoms with Crippen LogP contribution < -0.4 is 11.5 Å². The van der Waals surface area contributed by atoms with Gasteiger partial charge in [-0.15, -0.1) is 0 Å². The van der Waals surface area contributed by atoms with E-state index in [-0.39, 0.29) is 5.54 Å². The number of amidine groups is 1. The second kappa shape index (κ2) is 5.32. The molecule has 1 rings (SSSR count). The fourth-order valence-corrected chi connectivity index (χ4v) is 1.42. The van der Waals surface area contributed by atoms with Crippen LogP contribution in [0.15, 0.2) is 29.3 Å². The summed E-state index contributed by atoms with van der Waals surface area (Å²) in [6.07, 6.45) is 0. The molecule has 0 spiro atoms. The SMILES string of the molecule is CC(C)c1ccc(C(N)=NCC(C)(C)N)cc1. The predicted molar refractivity (Wildman–Crippen MR) is 74.4 cm³/mol. The van der Waals surface area contributed by atoms with Gasteiger partial charge < -0.3 is 11.5 Å². The molecule has 0 atom stereocenters. The minimum atomic E-state index is -0.317. The predicted octanol–water partition coefficient (Wildman–Crippen LogP) is 2.25. The molecule has 0 amide bonds. The Morgan fingerprint density at radius 1 is 1.24 bits per heavy atom. The fraction of sp³-hybridized carbons (Fsp3) is 0.500. The zero-order valence-corrected chi connectivity index (χ0v) is 11.2. The lowest BCUT2D eigenvalue weighted by molar-refractivity contribution is 0.534. The van der Waals surface area contributed by atoms with Crippen molar-refractivity contribution in [2.45, 2.75) is 39.2 Å². The van der Waals surface area contributed by atoms with Crippen LogP contribution in [0.3, 0.4) is 0 Å². The molecule has 0 bridgehead atoms. The van der Waals surface area contributed by atoms with Gasteiger partial charge in [0.05, 0.1) is 6.54 Å². The van der Waals surface area contributed by atoms with Gasteiger partial charge in [0.2, 0.25) is 0 Å². The first kappa shape index (κ1) is 13.7. The molecule has 3 nitrogen and oxygen atoms in total. The van der Waals surface area contributed by atoms with Crippen molar-refractivity contribution in [1.82, 2.24) is 0 Å². The lowest BCUT2D eigenvalue weighted by Crippen LogP contribution is -2.36. The first-order valence-corrected chi connectivity index (χ1v) is 5.99. The summed E-state index contributed by atoms with van der Waals surface area (Å²) in [6.45, 7) is 8.74. The van der Waals surface area contributed by atoms with Gasteiger partial charge in [0.25, 0.3) is 0 Å². The number of aliphatic imine (C=N–C) groups is 1. The molecule has 0 heterocycles. The highest BCUT2D eigenvalue weighted by Crippen LogP contribution is 2.14. The van der Waals surface area contributed by atoms with E-state index >= 15 is 0 Å². The summed E-state index contributed by atoms with van der Waals surface area (Å²) in [7, 11) is 0. The van der Waals surface area contributed by atoms with Crippen LogP contribution >= 0.6 is 0 Å². The van der Waals surface area contributed by atoms with E-state index in [1.54, 1.807) is 0 Å². The van der Waals surface area contributed by atoms with Gasteiger partial charge in [-0.25, -0.2) is 0 Å². The second-order valence-corrected chi connectivity index (χ2v) is 5.47. The monoisotopic (exact) mass is 233 g/mol. The number of hydrogen-bond donors (Lipinski definition) is 2. The van der Waals surface area contributed by atoms with Crippen LogP contribution in [0, 0.1) is 0 Å². The Kier molecular flexibility index (Phi) is 4.29. The first-order valence-electron chi connectivity index (χ1n) is 5.99. The Morgan fingerprint density at radius 3 is 2.18 bits per heavy atom. The lowest BCUT2D eigenvalue weighted by atomic mass is 10.0. The average molecular weight is 233 g/mol. The zero-order valence-electron chi connectivity index (χ0n) is 11.2. The van der Waals surface area contributed by atoms with Gasteiger partial charge in [-0.2, -0.15) is 0 Å². The molecular formula is C14H23N3. The van der Waals surface area contributed by atoms with Gasteiger partial charge in [0, 0.05) is 11.1 Å². The molecule has 3 heteroatoms. The Morgan fingerprint density at radius 2 is 1.76 bits per heavy atom. The summed E-state index contributed by atoms with van der Waals surface area (Å²) in [5.41, 5.74) is 13.7. The molecule has 0 aliphatic carbocycles. The molecule has 0 aromatic heterocycles. The average Bonchev–Trinajstić information content (AvgIpc) is 2.25. The van der Waals surface area contributed by atoms with Crippen molar-refractivity contribution in [2.24, 2.45) is 16.5 Å². The summed E-state index contributed by atoms with van der Waals surface area (Å²) in [4.78, 5) is 4.31. The minimum absolute atomic E-state index is 0.317. The third-order valence-corrected chi connectivity index (χ3v) is 2.53. The van der Waals surface area contributed by atoms with Crippen LogP contribution in [-0.4, -0.2) is 17.9 Å². The van der Waals surface area contributed by atoms with E-state index in [1.165, 1.54) is 5.56 Å². The number of nitrogens with two attached hydrogens (primary N) is 2. The normalized spacial score (nSPS) is 13.2. The molecule has 17 heavy (non-hydrogen) atoms. The fourth-order valence-electron chi connectivity index (χ4n) is 1.42. The van der Waals surface area contributed by atoms with E-state index < -0.39 is 0 Å². The Hall–Kier alpha value is -1.35. The zero-order chi connectivity index (χ0) is 13.1.